The van der Waals surface area contributed by atoms with Gasteiger partial charge in [-0.3, -0.25) is 9.14 Å². The summed E-state index contributed by atoms with van der Waals surface area (Å²) in [7, 11) is -2.13. The Morgan fingerprint density at radius 3 is 2.24 bits per heavy atom. The van der Waals surface area contributed by atoms with E-state index in [9.17, 15) is 8.42 Å². The fourth-order valence-corrected chi connectivity index (χ4v) is 7.04. The molecule has 1 atom stereocenters. The van der Waals surface area contributed by atoms with Gasteiger partial charge in [0.2, 0.25) is 0 Å². The summed E-state index contributed by atoms with van der Waals surface area (Å²) < 4.78 is 34.6. The summed E-state index contributed by atoms with van der Waals surface area (Å²) in [6.45, 7) is 11.0. The minimum Gasteiger partial charge on any atom is -0.497 e. The van der Waals surface area contributed by atoms with Crippen molar-refractivity contribution in [3.8, 4) is 5.75 Å². The van der Waals surface area contributed by atoms with E-state index in [0.29, 0.717) is 17.0 Å². The van der Waals surface area contributed by atoms with Gasteiger partial charge in [0.1, 0.15) is 5.75 Å². The lowest BCUT2D eigenvalue weighted by Gasteiger charge is -2.51. The first-order valence-electron chi connectivity index (χ1n) is 11.7. The van der Waals surface area contributed by atoms with Crippen LogP contribution >= 0.6 is 0 Å². The Hall–Kier alpha value is -2.09. The second kappa shape index (κ2) is 8.60. The standard InChI is InChI=1S/C26H36N2O4S/c1-19-8-11-23(12-9-19)33(29,30)27-21(16-20-17-22(31-6)10-13-24(20)27)18-32-28-25(2,3)14-7-15-26(28,4)5/h8-13,17,21H,7,14-16,18H2,1-6H3/t21-/m0/s1. The highest BCUT2D eigenvalue weighted by Crippen LogP contribution is 2.41. The maximum atomic E-state index is 13.8. The van der Waals surface area contributed by atoms with Crippen LogP contribution in [0.2, 0.25) is 0 Å². The molecular formula is C26H36N2O4S. The first kappa shape index (κ1) is 24.0. The van der Waals surface area contributed by atoms with E-state index in [2.05, 4.69) is 32.8 Å². The maximum absolute atomic E-state index is 13.8. The highest BCUT2D eigenvalue weighted by atomic mass is 32.2. The van der Waals surface area contributed by atoms with Gasteiger partial charge in [-0.05, 0) is 96.2 Å². The summed E-state index contributed by atoms with van der Waals surface area (Å²) in [6, 6.07) is 12.3. The number of sulfonamides is 1. The van der Waals surface area contributed by atoms with Crippen LogP contribution in [-0.2, 0) is 21.3 Å². The van der Waals surface area contributed by atoms with Crippen LogP contribution in [0.1, 0.15) is 58.1 Å². The summed E-state index contributed by atoms with van der Waals surface area (Å²) in [5.74, 6) is 0.723. The molecule has 0 aromatic heterocycles. The molecule has 1 fully saturated rings. The molecule has 2 aliphatic heterocycles. The molecule has 0 aliphatic carbocycles. The lowest BCUT2D eigenvalue weighted by Crippen LogP contribution is -2.59. The molecule has 7 heteroatoms. The average molecular weight is 473 g/mol. The minimum absolute atomic E-state index is 0.114. The lowest BCUT2D eigenvalue weighted by molar-refractivity contribution is -0.282. The van der Waals surface area contributed by atoms with Crippen LogP contribution < -0.4 is 9.04 Å². The topological polar surface area (TPSA) is 59.1 Å². The number of ether oxygens (including phenoxy) is 1. The van der Waals surface area contributed by atoms with Crippen molar-refractivity contribution in [2.24, 2.45) is 0 Å². The predicted octanol–water partition coefficient (Wildman–Crippen LogP) is 5.10. The highest BCUT2D eigenvalue weighted by molar-refractivity contribution is 7.92. The summed E-state index contributed by atoms with van der Waals surface area (Å²) in [5.41, 5.74) is 2.45. The number of fused-ring (bicyclic) bond motifs is 1. The second-order valence-electron chi connectivity index (χ2n) is 10.5. The zero-order chi connectivity index (χ0) is 24.0. The average Bonchev–Trinajstić information content (AvgIpc) is 3.10. The van der Waals surface area contributed by atoms with Crippen molar-refractivity contribution < 1.29 is 18.0 Å². The van der Waals surface area contributed by atoms with Crippen LogP contribution in [0.3, 0.4) is 0 Å². The van der Waals surface area contributed by atoms with Gasteiger partial charge in [0.25, 0.3) is 10.0 Å². The molecule has 0 radical (unpaired) electrons. The number of nitrogens with zero attached hydrogens (tertiary/aromatic N) is 2. The number of piperidine rings is 1. The van der Waals surface area contributed by atoms with Crippen molar-refractivity contribution in [2.75, 3.05) is 18.0 Å². The molecule has 0 spiro atoms. The smallest absolute Gasteiger partial charge is 0.264 e. The summed E-state index contributed by atoms with van der Waals surface area (Å²) in [6.07, 6.45) is 3.82. The Balaban J connectivity index is 1.68. The monoisotopic (exact) mass is 472 g/mol. The van der Waals surface area contributed by atoms with Gasteiger partial charge >= 0.3 is 0 Å². The van der Waals surface area contributed by atoms with Crippen LogP contribution in [0.25, 0.3) is 0 Å². The molecule has 2 aliphatic rings. The number of methoxy groups -OCH3 is 1. The van der Waals surface area contributed by atoms with E-state index in [1.165, 1.54) is 0 Å². The van der Waals surface area contributed by atoms with Crippen molar-refractivity contribution in [1.82, 2.24) is 5.06 Å². The molecule has 0 bridgehead atoms. The Kier molecular flexibility index (Phi) is 6.27. The molecule has 6 nitrogen and oxygen atoms in total. The van der Waals surface area contributed by atoms with E-state index in [1.807, 2.05) is 37.3 Å². The van der Waals surface area contributed by atoms with Crippen molar-refractivity contribution in [2.45, 2.75) is 82.3 Å². The molecule has 1 saturated heterocycles. The highest BCUT2D eigenvalue weighted by Gasteiger charge is 2.45. The molecule has 0 saturated carbocycles. The van der Waals surface area contributed by atoms with Crippen molar-refractivity contribution in [1.29, 1.82) is 0 Å². The lowest BCUT2D eigenvalue weighted by atomic mass is 9.82. The number of hydrogen-bond acceptors (Lipinski definition) is 5. The normalized spacial score (nSPS) is 22.2. The maximum Gasteiger partial charge on any atom is 0.264 e. The Labute approximate surface area is 198 Å². The van der Waals surface area contributed by atoms with Gasteiger partial charge in [0.15, 0.2) is 0 Å². The number of aryl methyl sites for hydroxylation is 1. The minimum atomic E-state index is -3.75. The quantitative estimate of drug-likeness (QED) is 0.586. The van der Waals surface area contributed by atoms with Gasteiger partial charge < -0.3 is 4.74 Å². The van der Waals surface area contributed by atoms with Gasteiger partial charge in [-0.25, -0.2) is 8.42 Å². The molecule has 4 rings (SSSR count). The Bertz CT molecular complexity index is 1090. The van der Waals surface area contributed by atoms with Crippen molar-refractivity contribution in [3.05, 3.63) is 53.6 Å². The van der Waals surface area contributed by atoms with E-state index in [0.717, 1.165) is 36.1 Å². The number of hydroxylamine groups is 2. The van der Waals surface area contributed by atoms with E-state index in [4.69, 9.17) is 9.57 Å². The fourth-order valence-electron chi connectivity index (χ4n) is 5.36. The Morgan fingerprint density at radius 1 is 1.00 bits per heavy atom. The first-order valence-corrected chi connectivity index (χ1v) is 13.1. The molecule has 180 valence electrons. The van der Waals surface area contributed by atoms with Crippen molar-refractivity contribution in [3.63, 3.8) is 0 Å². The zero-order valence-corrected chi connectivity index (χ0v) is 21.4. The Morgan fingerprint density at radius 2 is 1.64 bits per heavy atom. The van der Waals surface area contributed by atoms with Crippen LogP contribution in [0.15, 0.2) is 47.4 Å². The van der Waals surface area contributed by atoms with E-state index < -0.39 is 10.0 Å². The summed E-state index contributed by atoms with van der Waals surface area (Å²) >= 11 is 0. The SMILES string of the molecule is COc1ccc2c(c1)C[C@@H](CON1C(C)(C)CCCC1(C)C)N2S(=O)(=O)c1ccc(C)cc1. The van der Waals surface area contributed by atoms with Gasteiger partial charge in [0, 0.05) is 11.1 Å². The molecule has 0 unspecified atom stereocenters. The molecular weight excluding hydrogens is 436 g/mol. The van der Waals surface area contributed by atoms with E-state index in [1.54, 1.807) is 23.5 Å². The number of benzene rings is 2. The van der Waals surface area contributed by atoms with Gasteiger partial charge in [-0.15, -0.1) is 0 Å². The second-order valence-corrected chi connectivity index (χ2v) is 12.4. The van der Waals surface area contributed by atoms with Crippen LogP contribution in [0, 0.1) is 6.92 Å². The third kappa shape index (κ3) is 4.51. The number of anilines is 1. The first-order chi connectivity index (χ1) is 15.5. The van der Waals surface area contributed by atoms with Gasteiger partial charge in [-0.1, -0.05) is 17.7 Å². The molecule has 2 heterocycles. The largest absolute Gasteiger partial charge is 0.497 e. The number of hydrogen-bond donors (Lipinski definition) is 0. The van der Waals surface area contributed by atoms with Crippen LogP contribution in [0.4, 0.5) is 5.69 Å². The van der Waals surface area contributed by atoms with Crippen molar-refractivity contribution >= 4 is 15.7 Å². The molecule has 33 heavy (non-hydrogen) atoms. The summed E-state index contributed by atoms with van der Waals surface area (Å²) in [4.78, 5) is 6.75. The fraction of sp³-hybridized carbons (Fsp3) is 0.538. The van der Waals surface area contributed by atoms with Crippen LogP contribution in [0.5, 0.6) is 5.75 Å². The zero-order valence-electron chi connectivity index (χ0n) is 20.6. The van der Waals surface area contributed by atoms with Crippen LogP contribution in [-0.4, -0.2) is 44.3 Å². The third-order valence-corrected chi connectivity index (χ3v) is 8.84. The summed E-state index contributed by atoms with van der Waals surface area (Å²) in [5, 5.41) is 2.10. The molecule has 0 N–H and O–H groups in total. The van der Waals surface area contributed by atoms with E-state index in [-0.39, 0.29) is 23.7 Å². The number of rotatable bonds is 6. The van der Waals surface area contributed by atoms with E-state index >= 15 is 0 Å². The molecule has 0 amide bonds. The van der Waals surface area contributed by atoms with Gasteiger partial charge in [0.05, 0.1) is 30.3 Å². The van der Waals surface area contributed by atoms with Gasteiger partial charge in [-0.2, -0.15) is 5.06 Å². The third-order valence-electron chi connectivity index (χ3n) is 6.96. The predicted molar refractivity (Wildman–Crippen MR) is 131 cm³/mol. The molecule has 2 aromatic carbocycles. The molecule has 2 aromatic rings.